The molecule has 1 atom stereocenters. The summed E-state index contributed by atoms with van der Waals surface area (Å²) in [7, 11) is 1.45. The molecule has 2 N–H and O–H groups in total. The van der Waals surface area contributed by atoms with E-state index in [1.165, 1.54) is 24.4 Å². The highest BCUT2D eigenvalue weighted by molar-refractivity contribution is 8.00. The number of amides is 3. The fourth-order valence-corrected chi connectivity index (χ4v) is 2.71. The molecule has 24 heavy (non-hydrogen) atoms. The summed E-state index contributed by atoms with van der Waals surface area (Å²) in [6, 6.07) is 7.38. The van der Waals surface area contributed by atoms with E-state index in [1.54, 1.807) is 11.6 Å². The zero-order valence-electron chi connectivity index (χ0n) is 14.0. The Morgan fingerprint density at radius 3 is 2.42 bits per heavy atom. The van der Waals surface area contributed by atoms with Crippen LogP contribution in [0.3, 0.4) is 0 Å². The topological polar surface area (TPSA) is 102 Å². The third-order valence-electron chi connectivity index (χ3n) is 3.36. The second-order valence-electron chi connectivity index (χ2n) is 5.45. The first-order valence-corrected chi connectivity index (χ1v) is 8.38. The highest BCUT2D eigenvalue weighted by Gasteiger charge is 2.20. The average Bonchev–Trinajstić information content (AvgIpc) is 3.02. The average molecular weight is 348 g/mol. The minimum absolute atomic E-state index is 0.413. The quantitative estimate of drug-likeness (QED) is 0.798. The number of aromatic nitrogens is 4. The number of carbonyl (C=O) groups is 2. The van der Waals surface area contributed by atoms with Crippen LogP contribution in [0.4, 0.5) is 4.79 Å². The molecule has 1 aromatic heterocycles. The molecular weight excluding hydrogens is 328 g/mol. The Bertz CT molecular complexity index is 713. The Balaban J connectivity index is 2.12. The molecule has 1 heterocycles. The maximum atomic E-state index is 11.9. The SMILES string of the molecule is CNC(=O)NC(=O)[C@@H](C)Sc1nnnn1-c1ccc(C(C)C)cc1. The molecule has 2 rings (SSSR count). The first-order chi connectivity index (χ1) is 11.4. The van der Waals surface area contributed by atoms with E-state index in [2.05, 4.69) is 40.0 Å². The predicted octanol–water partition coefficient (Wildman–Crippen LogP) is 1.72. The summed E-state index contributed by atoms with van der Waals surface area (Å²) in [5.74, 6) is 0.0271. The highest BCUT2D eigenvalue weighted by Crippen LogP contribution is 2.24. The molecule has 0 saturated carbocycles. The molecular formula is C15H20N6O2S. The van der Waals surface area contributed by atoms with E-state index in [0.717, 1.165) is 5.69 Å². The standard InChI is InChI=1S/C15H20N6O2S/c1-9(2)11-5-7-12(8-6-11)21-15(18-19-20-21)24-10(3)13(22)17-14(23)16-4/h5-10H,1-4H3,(H2,16,17,22,23)/t10-/m1/s1. The maximum absolute atomic E-state index is 11.9. The van der Waals surface area contributed by atoms with E-state index >= 15 is 0 Å². The molecule has 0 bridgehead atoms. The third kappa shape index (κ3) is 4.31. The van der Waals surface area contributed by atoms with Crippen molar-refractivity contribution >= 4 is 23.7 Å². The Morgan fingerprint density at radius 2 is 1.83 bits per heavy atom. The molecule has 9 heteroatoms. The third-order valence-corrected chi connectivity index (χ3v) is 4.39. The van der Waals surface area contributed by atoms with Crippen molar-refractivity contribution in [1.29, 1.82) is 0 Å². The molecule has 0 radical (unpaired) electrons. The van der Waals surface area contributed by atoms with Crippen molar-refractivity contribution in [1.82, 2.24) is 30.8 Å². The number of rotatable bonds is 5. The lowest BCUT2D eigenvalue weighted by atomic mass is 10.0. The van der Waals surface area contributed by atoms with Gasteiger partial charge in [-0.25, -0.2) is 4.79 Å². The van der Waals surface area contributed by atoms with Gasteiger partial charge in [0.15, 0.2) is 0 Å². The van der Waals surface area contributed by atoms with E-state index in [4.69, 9.17) is 0 Å². The summed E-state index contributed by atoms with van der Waals surface area (Å²) in [6.07, 6.45) is 0. The van der Waals surface area contributed by atoms with Gasteiger partial charge in [-0.1, -0.05) is 37.7 Å². The van der Waals surface area contributed by atoms with Crippen LogP contribution < -0.4 is 10.6 Å². The van der Waals surface area contributed by atoms with Gasteiger partial charge in [0.1, 0.15) is 0 Å². The zero-order chi connectivity index (χ0) is 17.7. The van der Waals surface area contributed by atoms with E-state index in [0.29, 0.717) is 11.1 Å². The minimum atomic E-state index is -0.545. The summed E-state index contributed by atoms with van der Waals surface area (Å²) < 4.78 is 1.57. The molecule has 1 aromatic carbocycles. The van der Waals surface area contributed by atoms with Gasteiger partial charge in [-0.2, -0.15) is 4.68 Å². The molecule has 0 aliphatic heterocycles. The van der Waals surface area contributed by atoms with Gasteiger partial charge < -0.3 is 5.32 Å². The summed E-state index contributed by atoms with van der Waals surface area (Å²) in [5, 5.41) is 16.1. The number of urea groups is 1. The fraction of sp³-hybridized carbons (Fsp3) is 0.400. The fourth-order valence-electron chi connectivity index (χ4n) is 1.90. The van der Waals surface area contributed by atoms with Crippen molar-refractivity contribution in [3.05, 3.63) is 29.8 Å². The molecule has 0 spiro atoms. The van der Waals surface area contributed by atoms with Crippen molar-refractivity contribution in [2.45, 2.75) is 37.1 Å². The predicted molar refractivity (Wildman–Crippen MR) is 91.2 cm³/mol. The molecule has 128 valence electrons. The maximum Gasteiger partial charge on any atom is 0.321 e. The van der Waals surface area contributed by atoms with Gasteiger partial charge in [-0.15, -0.1) is 5.10 Å². The van der Waals surface area contributed by atoms with Gasteiger partial charge in [0.2, 0.25) is 11.1 Å². The number of benzene rings is 1. The van der Waals surface area contributed by atoms with E-state index < -0.39 is 17.2 Å². The molecule has 8 nitrogen and oxygen atoms in total. The van der Waals surface area contributed by atoms with Crippen molar-refractivity contribution in [2.75, 3.05) is 7.05 Å². The van der Waals surface area contributed by atoms with Gasteiger partial charge >= 0.3 is 6.03 Å². The molecule has 3 amide bonds. The number of thioether (sulfide) groups is 1. The molecule has 0 fully saturated rings. The monoisotopic (exact) mass is 348 g/mol. The molecule has 0 unspecified atom stereocenters. The molecule has 0 aliphatic carbocycles. The normalized spacial score (nSPS) is 12.0. The summed E-state index contributed by atoms with van der Waals surface area (Å²) in [5.41, 5.74) is 2.03. The number of imide groups is 1. The summed E-state index contributed by atoms with van der Waals surface area (Å²) >= 11 is 1.18. The van der Waals surface area contributed by atoms with E-state index in [-0.39, 0.29) is 0 Å². The van der Waals surface area contributed by atoms with E-state index in [9.17, 15) is 9.59 Å². The lowest BCUT2D eigenvalue weighted by Crippen LogP contribution is -2.41. The number of hydrogen-bond acceptors (Lipinski definition) is 6. The number of tetrazole rings is 1. The lowest BCUT2D eigenvalue weighted by Gasteiger charge is -2.11. The van der Waals surface area contributed by atoms with Gasteiger partial charge in [0.05, 0.1) is 10.9 Å². The Hall–Kier alpha value is -2.42. The second-order valence-corrected chi connectivity index (χ2v) is 6.76. The number of nitrogens with zero attached hydrogens (tertiary/aromatic N) is 4. The van der Waals surface area contributed by atoms with Crippen molar-refractivity contribution in [3.63, 3.8) is 0 Å². The first-order valence-electron chi connectivity index (χ1n) is 7.50. The van der Waals surface area contributed by atoms with Crippen LogP contribution in [-0.4, -0.2) is 44.4 Å². The van der Waals surface area contributed by atoms with Crippen molar-refractivity contribution < 1.29 is 9.59 Å². The number of nitrogens with one attached hydrogen (secondary N) is 2. The smallest absolute Gasteiger partial charge is 0.321 e. The van der Waals surface area contributed by atoms with E-state index in [1.807, 2.05) is 24.3 Å². The van der Waals surface area contributed by atoms with Gasteiger partial charge in [0, 0.05) is 7.05 Å². The number of carbonyl (C=O) groups excluding carboxylic acids is 2. The van der Waals surface area contributed by atoms with Crippen LogP contribution in [0.5, 0.6) is 0 Å². The number of hydrogen-bond donors (Lipinski definition) is 2. The largest absolute Gasteiger partial charge is 0.341 e. The zero-order valence-corrected chi connectivity index (χ0v) is 14.8. The first kappa shape index (κ1) is 17.9. The van der Waals surface area contributed by atoms with Crippen LogP contribution >= 0.6 is 11.8 Å². The van der Waals surface area contributed by atoms with Crippen LogP contribution in [0.15, 0.2) is 29.4 Å². The van der Waals surface area contributed by atoms with Gasteiger partial charge in [-0.05, 0) is 41.0 Å². The van der Waals surface area contributed by atoms with Crippen LogP contribution in [0.1, 0.15) is 32.3 Å². The van der Waals surface area contributed by atoms with Crippen molar-refractivity contribution in [2.24, 2.45) is 0 Å². The Morgan fingerprint density at radius 1 is 1.17 bits per heavy atom. The molecule has 0 aliphatic rings. The Labute approximate surface area is 144 Å². The van der Waals surface area contributed by atoms with Crippen LogP contribution in [-0.2, 0) is 4.79 Å². The molecule has 2 aromatic rings. The van der Waals surface area contributed by atoms with Crippen molar-refractivity contribution in [3.8, 4) is 5.69 Å². The highest BCUT2D eigenvalue weighted by atomic mass is 32.2. The Kier molecular flexibility index (Phi) is 5.91. The van der Waals surface area contributed by atoms with Gasteiger partial charge in [0.25, 0.3) is 0 Å². The van der Waals surface area contributed by atoms with Crippen LogP contribution in [0, 0.1) is 0 Å². The van der Waals surface area contributed by atoms with Crippen LogP contribution in [0.25, 0.3) is 5.69 Å². The van der Waals surface area contributed by atoms with Crippen LogP contribution in [0.2, 0.25) is 0 Å². The van der Waals surface area contributed by atoms with Gasteiger partial charge in [-0.3, -0.25) is 10.1 Å². The second kappa shape index (κ2) is 7.91. The molecule has 0 saturated heterocycles. The minimum Gasteiger partial charge on any atom is -0.341 e. The summed E-state index contributed by atoms with van der Waals surface area (Å²) in [4.78, 5) is 23.1. The lowest BCUT2D eigenvalue weighted by molar-refractivity contribution is -0.119. The summed E-state index contributed by atoms with van der Waals surface area (Å²) in [6.45, 7) is 5.93.